The minimum absolute atomic E-state index is 0.0463. The molecule has 1 aromatic rings. The van der Waals surface area contributed by atoms with Crippen molar-refractivity contribution in [3.63, 3.8) is 0 Å². The third kappa shape index (κ3) is 5.87. The molecule has 5 heteroatoms. The van der Waals surface area contributed by atoms with Crippen molar-refractivity contribution in [3.8, 4) is 0 Å². The standard InChI is InChI=1S/C16H22BrNO3/c1-10(2)7-12(8-14(19)20)9-18-16(21)13-6-4-5-11(3)15(13)17/h4-6,10,12H,7-9H2,1-3H3,(H,18,21)(H,19,20). The normalized spacial score (nSPS) is 12.2. The van der Waals surface area contributed by atoms with Crippen molar-refractivity contribution in [3.05, 3.63) is 33.8 Å². The lowest BCUT2D eigenvalue weighted by atomic mass is 9.94. The molecule has 0 saturated heterocycles. The number of hydrogen-bond acceptors (Lipinski definition) is 2. The maximum Gasteiger partial charge on any atom is 0.303 e. The molecular formula is C16H22BrNO3. The van der Waals surface area contributed by atoms with Crippen molar-refractivity contribution in [2.75, 3.05) is 6.54 Å². The lowest BCUT2D eigenvalue weighted by Crippen LogP contribution is -2.31. The molecule has 0 saturated carbocycles. The number of amides is 1. The van der Waals surface area contributed by atoms with Crippen LogP contribution >= 0.6 is 15.9 Å². The second kappa shape index (κ2) is 8.17. The van der Waals surface area contributed by atoms with Crippen molar-refractivity contribution in [1.29, 1.82) is 0 Å². The second-order valence-corrected chi connectivity index (χ2v) is 6.53. The molecule has 4 nitrogen and oxygen atoms in total. The van der Waals surface area contributed by atoms with Gasteiger partial charge in [0.1, 0.15) is 0 Å². The summed E-state index contributed by atoms with van der Waals surface area (Å²) in [5, 5.41) is 11.8. The number of aryl methyl sites for hydroxylation is 1. The van der Waals surface area contributed by atoms with E-state index in [-0.39, 0.29) is 18.2 Å². The van der Waals surface area contributed by atoms with Gasteiger partial charge in [-0.25, -0.2) is 0 Å². The Morgan fingerprint density at radius 1 is 1.33 bits per heavy atom. The summed E-state index contributed by atoms with van der Waals surface area (Å²) in [7, 11) is 0. The lowest BCUT2D eigenvalue weighted by molar-refractivity contribution is -0.138. The van der Waals surface area contributed by atoms with Crippen molar-refractivity contribution in [1.82, 2.24) is 5.32 Å². The van der Waals surface area contributed by atoms with Crippen LogP contribution in [0.5, 0.6) is 0 Å². The highest BCUT2D eigenvalue weighted by molar-refractivity contribution is 9.10. The van der Waals surface area contributed by atoms with Gasteiger partial charge in [-0.05, 0) is 52.7 Å². The summed E-state index contributed by atoms with van der Waals surface area (Å²) in [6.45, 7) is 6.40. The van der Waals surface area contributed by atoms with Crippen molar-refractivity contribution in [2.24, 2.45) is 11.8 Å². The average molecular weight is 356 g/mol. The molecule has 0 fully saturated rings. The fraction of sp³-hybridized carbons (Fsp3) is 0.500. The van der Waals surface area contributed by atoms with Gasteiger partial charge in [0.25, 0.3) is 5.91 Å². The van der Waals surface area contributed by atoms with Crippen LogP contribution < -0.4 is 5.32 Å². The highest BCUT2D eigenvalue weighted by Gasteiger charge is 2.17. The lowest BCUT2D eigenvalue weighted by Gasteiger charge is -2.18. The van der Waals surface area contributed by atoms with Crippen molar-refractivity contribution in [2.45, 2.75) is 33.6 Å². The summed E-state index contributed by atoms with van der Waals surface area (Å²) in [6.07, 6.45) is 0.856. The highest BCUT2D eigenvalue weighted by atomic mass is 79.9. The number of rotatable bonds is 7. The number of carboxylic acid groups (broad SMARTS) is 1. The van der Waals surface area contributed by atoms with Crippen LogP contribution in [0.2, 0.25) is 0 Å². The maximum absolute atomic E-state index is 12.2. The summed E-state index contributed by atoms with van der Waals surface area (Å²) < 4.78 is 0.779. The Morgan fingerprint density at radius 2 is 2.00 bits per heavy atom. The number of carbonyl (C=O) groups excluding carboxylic acids is 1. The largest absolute Gasteiger partial charge is 0.481 e. The van der Waals surface area contributed by atoms with Gasteiger partial charge in [0.15, 0.2) is 0 Å². The molecule has 116 valence electrons. The molecule has 0 aromatic heterocycles. The third-order valence-corrected chi connectivity index (χ3v) is 4.31. The van der Waals surface area contributed by atoms with Crippen LogP contribution in [0, 0.1) is 18.8 Å². The van der Waals surface area contributed by atoms with Gasteiger partial charge in [-0.15, -0.1) is 0 Å². The molecule has 0 aliphatic heterocycles. The summed E-state index contributed by atoms with van der Waals surface area (Å²) in [4.78, 5) is 23.1. The molecule has 0 spiro atoms. The first-order valence-corrected chi connectivity index (χ1v) is 7.85. The van der Waals surface area contributed by atoms with E-state index in [1.807, 2.05) is 32.9 Å². The van der Waals surface area contributed by atoms with Gasteiger partial charge in [-0.2, -0.15) is 0 Å². The van der Waals surface area contributed by atoms with Crippen LogP contribution in [-0.4, -0.2) is 23.5 Å². The molecule has 0 bridgehead atoms. The molecule has 0 aliphatic carbocycles. The van der Waals surface area contributed by atoms with Gasteiger partial charge in [-0.3, -0.25) is 9.59 Å². The van der Waals surface area contributed by atoms with Crippen LogP contribution in [0.1, 0.15) is 42.6 Å². The summed E-state index contributed by atoms with van der Waals surface area (Å²) in [5.41, 5.74) is 1.57. The van der Waals surface area contributed by atoms with E-state index in [9.17, 15) is 9.59 Å². The first kappa shape index (κ1) is 17.7. The van der Waals surface area contributed by atoms with E-state index in [1.54, 1.807) is 6.07 Å². The quantitative estimate of drug-likeness (QED) is 0.784. The van der Waals surface area contributed by atoms with E-state index in [0.29, 0.717) is 18.0 Å². The van der Waals surface area contributed by atoms with Crippen LogP contribution in [-0.2, 0) is 4.79 Å². The summed E-state index contributed by atoms with van der Waals surface area (Å²) >= 11 is 3.41. The molecular weight excluding hydrogens is 334 g/mol. The topological polar surface area (TPSA) is 66.4 Å². The molecule has 1 aromatic carbocycles. The van der Waals surface area contributed by atoms with E-state index < -0.39 is 5.97 Å². The number of carbonyl (C=O) groups is 2. The average Bonchev–Trinajstić information content (AvgIpc) is 2.37. The summed E-state index contributed by atoms with van der Waals surface area (Å²) in [5.74, 6) is -0.650. The van der Waals surface area contributed by atoms with Crippen LogP contribution in [0.3, 0.4) is 0 Å². The van der Waals surface area contributed by atoms with Crippen LogP contribution in [0.4, 0.5) is 0 Å². The van der Waals surface area contributed by atoms with Crippen molar-refractivity contribution < 1.29 is 14.7 Å². The van der Waals surface area contributed by atoms with E-state index in [2.05, 4.69) is 21.2 Å². The predicted molar refractivity (Wildman–Crippen MR) is 86.4 cm³/mol. The zero-order chi connectivity index (χ0) is 16.0. The Kier molecular flexibility index (Phi) is 6.89. The number of carboxylic acids is 1. The van der Waals surface area contributed by atoms with Gasteiger partial charge < -0.3 is 10.4 Å². The van der Waals surface area contributed by atoms with E-state index >= 15 is 0 Å². The van der Waals surface area contributed by atoms with Gasteiger partial charge in [0.05, 0.1) is 5.56 Å². The predicted octanol–water partition coefficient (Wildman–Crippen LogP) is 3.62. The highest BCUT2D eigenvalue weighted by Crippen LogP contribution is 2.21. The minimum Gasteiger partial charge on any atom is -0.481 e. The molecule has 1 amide bonds. The van der Waals surface area contributed by atoms with E-state index in [0.717, 1.165) is 16.5 Å². The molecule has 1 rings (SSSR count). The Labute approximate surface area is 134 Å². The second-order valence-electron chi connectivity index (χ2n) is 5.74. The maximum atomic E-state index is 12.2. The molecule has 21 heavy (non-hydrogen) atoms. The van der Waals surface area contributed by atoms with E-state index in [4.69, 9.17) is 5.11 Å². The molecule has 1 atom stereocenters. The Hall–Kier alpha value is -1.36. The molecule has 0 aliphatic rings. The molecule has 0 radical (unpaired) electrons. The number of hydrogen-bond donors (Lipinski definition) is 2. The number of halogens is 1. The molecule has 0 heterocycles. The first-order valence-electron chi connectivity index (χ1n) is 7.06. The van der Waals surface area contributed by atoms with E-state index in [1.165, 1.54) is 0 Å². The van der Waals surface area contributed by atoms with Gasteiger partial charge in [-0.1, -0.05) is 26.0 Å². The monoisotopic (exact) mass is 355 g/mol. The zero-order valence-corrected chi connectivity index (χ0v) is 14.2. The number of nitrogens with one attached hydrogen (secondary N) is 1. The van der Waals surface area contributed by atoms with Gasteiger partial charge in [0.2, 0.25) is 0 Å². The summed E-state index contributed by atoms with van der Waals surface area (Å²) in [6, 6.07) is 5.51. The zero-order valence-electron chi connectivity index (χ0n) is 12.6. The van der Waals surface area contributed by atoms with Gasteiger partial charge >= 0.3 is 5.97 Å². The smallest absolute Gasteiger partial charge is 0.303 e. The van der Waals surface area contributed by atoms with Crippen LogP contribution in [0.15, 0.2) is 22.7 Å². The Bertz CT molecular complexity index is 514. The number of benzene rings is 1. The Balaban J connectivity index is 2.68. The third-order valence-electron chi connectivity index (χ3n) is 3.26. The first-order chi connectivity index (χ1) is 9.81. The van der Waals surface area contributed by atoms with Crippen molar-refractivity contribution >= 4 is 27.8 Å². The SMILES string of the molecule is Cc1cccc(C(=O)NCC(CC(=O)O)CC(C)C)c1Br. The molecule has 1 unspecified atom stereocenters. The molecule has 2 N–H and O–H groups in total. The fourth-order valence-electron chi connectivity index (χ4n) is 2.31. The Morgan fingerprint density at radius 3 is 2.57 bits per heavy atom. The van der Waals surface area contributed by atoms with Gasteiger partial charge in [0, 0.05) is 17.4 Å². The number of aliphatic carboxylic acids is 1. The van der Waals surface area contributed by atoms with Crippen LogP contribution in [0.25, 0.3) is 0 Å². The fourth-order valence-corrected chi connectivity index (χ4v) is 2.75. The minimum atomic E-state index is -0.827.